The monoisotopic (exact) mass is 323 g/mol. The van der Waals surface area contributed by atoms with E-state index in [0.717, 1.165) is 19.3 Å². The Morgan fingerprint density at radius 3 is 2.61 bits per heavy atom. The lowest BCUT2D eigenvalue weighted by Crippen LogP contribution is -2.48. The maximum atomic E-state index is 12.5. The Balaban J connectivity index is 2.61. The van der Waals surface area contributed by atoms with Crippen LogP contribution in [0.4, 0.5) is 0 Å². The maximum absolute atomic E-state index is 12.5. The van der Waals surface area contributed by atoms with Crippen LogP contribution in [0.1, 0.15) is 46.5 Å². The van der Waals surface area contributed by atoms with Gasteiger partial charge in [0.05, 0.1) is 18.5 Å². The van der Waals surface area contributed by atoms with Crippen LogP contribution in [0.25, 0.3) is 0 Å². The Morgan fingerprint density at radius 2 is 2.04 bits per heavy atom. The lowest BCUT2D eigenvalue weighted by Gasteiger charge is -2.30. The first-order chi connectivity index (χ1) is 10.8. The highest BCUT2D eigenvalue weighted by Crippen LogP contribution is 2.27. The molecule has 5 heteroatoms. The number of carbonyl (C=O) groups is 2. The van der Waals surface area contributed by atoms with Crippen LogP contribution in [-0.2, 0) is 19.1 Å². The van der Waals surface area contributed by atoms with Crippen LogP contribution in [0.2, 0.25) is 0 Å². The predicted octanol–water partition coefficient (Wildman–Crippen LogP) is 2.97. The van der Waals surface area contributed by atoms with Gasteiger partial charge in [-0.05, 0) is 32.1 Å². The standard InChI is InChI=1S/C18H29NO4/c1-6-10-22-15-9-7-8-14(11-15)17(20)19-16(12(2)3)18(21)23-13(4)5/h6,12,14-16H,1,4,7-11H2,2-3,5H3,(H,19,20)/t14?,15?,16-/m0/s1. The van der Waals surface area contributed by atoms with Crippen LogP contribution in [0, 0.1) is 11.8 Å². The molecule has 1 aliphatic carbocycles. The van der Waals surface area contributed by atoms with Gasteiger partial charge in [-0.2, -0.15) is 0 Å². The van der Waals surface area contributed by atoms with Gasteiger partial charge in [0.25, 0.3) is 0 Å². The molecule has 3 atom stereocenters. The molecular weight excluding hydrogens is 294 g/mol. The molecule has 2 unspecified atom stereocenters. The summed E-state index contributed by atoms with van der Waals surface area (Å²) in [6.45, 7) is 13.1. The Hall–Kier alpha value is -1.62. The van der Waals surface area contributed by atoms with Gasteiger partial charge >= 0.3 is 5.97 Å². The van der Waals surface area contributed by atoms with Crippen molar-refractivity contribution < 1.29 is 19.1 Å². The van der Waals surface area contributed by atoms with E-state index in [1.54, 1.807) is 13.0 Å². The minimum Gasteiger partial charge on any atom is -0.430 e. The van der Waals surface area contributed by atoms with Crippen LogP contribution >= 0.6 is 0 Å². The van der Waals surface area contributed by atoms with Gasteiger partial charge in [-0.1, -0.05) is 32.9 Å². The number of allylic oxidation sites excluding steroid dienone is 1. The molecule has 130 valence electrons. The maximum Gasteiger partial charge on any atom is 0.333 e. The third-order valence-electron chi connectivity index (χ3n) is 3.94. The summed E-state index contributed by atoms with van der Waals surface area (Å²) < 4.78 is 10.7. The largest absolute Gasteiger partial charge is 0.430 e. The van der Waals surface area contributed by atoms with Crippen LogP contribution in [0.15, 0.2) is 25.0 Å². The summed E-state index contributed by atoms with van der Waals surface area (Å²) in [5.74, 6) is -0.421. The zero-order valence-corrected chi connectivity index (χ0v) is 14.5. The zero-order chi connectivity index (χ0) is 17.4. The molecule has 0 aromatic heterocycles. The second kappa shape index (κ2) is 9.50. The molecule has 1 N–H and O–H groups in total. The van der Waals surface area contributed by atoms with E-state index in [9.17, 15) is 9.59 Å². The molecule has 0 aromatic carbocycles. The molecule has 0 radical (unpaired) electrons. The molecule has 0 heterocycles. The number of hydrogen-bond acceptors (Lipinski definition) is 4. The van der Waals surface area contributed by atoms with Crippen LogP contribution in [0.3, 0.4) is 0 Å². The van der Waals surface area contributed by atoms with Crippen molar-refractivity contribution in [3.8, 4) is 0 Å². The van der Waals surface area contributed by atoms with Crippen LogP contribution in [0.5, 0.6) is 0 Å². The third-order valence-corrected chi connectivity index (χ3v) is 3.94. The summed E-state index contributed by atoms with van der Waals surface area (Å²) in [6.07, 6.45) is 5.20. The Bertz CT molecular complexity index is 444. The van der Waals surface area contributed by atoms with E-state index in [1.807, 2.05) is 13.8 Å². The molecular formula is C18H29NO4. The molecule has 0 aromatic rings. The molecule has 0 bridgehead atoms. The molecule has 1 rings (SSSR count). The number of carbonyl (C=O) groups excluding carboxylic acids is 2. The number of nitrogens with one attached hydrogen (secondary N) is 1. The number of rotatable bonds is 8. The summed E-state index contributed by atoms with van der Waals surface area (Å²) in [7, 11) is 0. The fourth-order valence-electron chi connectivity index (χ4n) is 2.74. The fraction of sp³-hybridized carbons (Fsp3) is 0.667. The van der Waals surface area contributed by atoms with E-state index in [0.29, 0.717) is 18.8 Å². The lowest BCUT2D eigenvalue weighted by molar-refractivity contribution is -0.146. The van der Waals surface area contributed by atoms with E-state index in [1.165, 1.54) is 0 Å². The molecule has 1 aliphatic rings. The number of hydrogen-bond donors (Lipinski definition) is 1. The van der Waals surface area contributed by atoms with Gasteiger partial charge in [0.2, 0.25) is 5.91 Å². The van der Waals surface area contributed by atoms with E-state index in [4.69, 9.17) is 9.47 Å². The van der Waals surface area contributed by atoms with Crippen LogP contribution in [-0.4, -0.2) is 30.6 Å². The first kappa shape index (κ1) is 19.4. The Morgan fingerprint density at radius 1 is 1.35 bits per heavy atom. The molecule has 1 fully saturated rings. The van der Waals surface area contributed by atoms with E-state index in [2.05, 4.69) is 18.5 Å². The molecule has 0 aliphatic heterocycles. The van der Waals surface area contributed by atoms with Gasteiger partial charge in [-0.25, -0.2) is 4.79 Å². The number of esters is 1. The normalized spacial score (nSPS) is 22.3. The van der Waals surface area contributed by atoms with Crippen molar-refractivity contribution >= 4 is 11.9 Å². The van der Waals surface area contributed by atoms with Gasteiger partial charge in [0.1, 0.15) is 6.04 Å². The van der Waals surface area contributed by atoms with Crippen molar-refractivity contribution in [1.29, 1.82) is 0 Å². The Labute approximate surface area is 139 Å². The third kappa shape index (κ3) is 6.57. The van der Waals surface area contributed by atoms with Crippen molar-refractivity contribution in [3.05, 3.63) is 25.0 Å². The predicted molar refractivity (Wildman–Crippen MR) is 89.6 cm³/mol. The van der Waals surface area contributed by atoms with Crippen molar-refractivity contribution in [2.75, 3.05) is 6.61 Å². The van der Waals surface area contributed by atoms with Crippen molar-refractivity contribution in [2.24, 2.45) is 11.8 Å². The summed E-state index contributed by atoms with van der Waals surface area (Å²) in [6, 6.07) is -0.659. The smallest absolute Gasteiger partial charge is 0.333 e. The highest BCUT2D eigenvalue weighted by Gasteiger charge is 2.32. The van der Waals surface area contributed by atoms with Crippen molar-refractivity contribution in [1.82, 2.24) is 5.32 Å². The summed E-state index contributed by atoms with van der Waals surface area (Å²) in [5.41, 5.74) is 0. The van der Waals surface area contributed by atoms with Crippen molar-refractivity contribution in [2.45, 2.75) is 58.6 Å². The zero-order valence-electron chi connectivity index (χ0n) is 14.5. The molecule has 0 saturated heterocycles. The number of amides is 1. The van der Waals surface area contributed by atoms with Gasteiger partial charge in [-0.15, -0.1) is 6.58 Å². The topological polar surface area (TPSA) is 64.6 Å². The van der Waals surface area contributed by atoms with E-state index >= 15 is 0 Å². The average molecular weight is 323 g/mol. The second-order valence-electron chi connectivity index (χ2n) is 6.46. The van der Waals surface area contributed by atoms with Crippen LogP contribution < -0.4 is 5.32 Å². The minimum atomic E-state index is -0.659. The summed E-state index contributed by atoms with van der Waals surface area (Å²) >= 11 is 0. The number of ether oxygens (including phenoxy) is 2. The Kier molecular flexibility index (Phi) is 8.03. The van der Waals surface area contributed by atoms with Crippen molar-refractivity contribution in [3.63, 3.8) is 0 Å². The van der Waals surface area contributed by atoms with E-state index < -0.39 is 12.0 Å². The SMILES string of the molecule is C=CCOC1CCCC(C(=O)N[C@H](C(=O)OC(=C)C)C(C)C)C1. The quantitative estimate of drug-likeness (QED) is 0.424. The molecule has 23 heavy (non-hydrogen) atoms. The first-order valence-electron chi connectivity index (χ1n) is 8.25. The second-order valence-corrected chi connectivity index (χ2v) is 6.46. The molecule has 1 saturated carbocycles. The van der Waals surface area contributed by atoms with Gasteiger partial charge < -0.3 is 14.8 Å². The fourth-order valence-corrected chi connectivity index (χ4v) is 2.74. The highest BCUT2D eigenvalue weighted by molar-refractivity contribution is 5.86. The molecule has 5 nitrogen and oxygen atoms in total. The first-order valence-corrected chi connectivity index (χ1v) is 8.25. The summed E-state index contributed by atoms with van der Waals surface area (Å²) in [4.78, 5) is 24.6. The molecule has 0 spiro atoms. The minimum absolute atomic E-state index is 0.0535. The lowest BCUT2D eigenvalue weighted by atomic mass is 9.86. The van der Waals surface area contributed by atoms with E-state index in [-0.39, 0.29) is 23.8 Å². The van der Waals surface area contributed by atoms with Gasteiger partial charge in [0.15, 0.2) is 0 Å². The van der Waals surface area contributed by atoms with Gasteiger partial charge in [0, 0.05) is 5.92 Å². The molecule has 1 amide bonds. The summed E-state index contributed by atoms with van der Waals surface area (Å²) in [5, 5.41) is 2.84. The average Bonchev–Trinajstić information content (AvgIpc) is 2.49. The highest BCUT2D eigenvalue weighted by atomic mass is 16.5. The van der Waals surface area contributed by atoms with Gasteiger partial charge in [-0.3, -0.25) is 4.79 Å².